The summed E-state index contributed by atoms with van der Waals surface area (Å²) >= 11 is 0. The molecule has 0 fully saturated rings. The Morgan fingerprint density at radius 1 is 0.269 bits per heavy atom. The van der Waals surface area contributed by atoms with Crippen LogP contribution in [0.2, 0.25) is 0 Å². The molecule has 0 aliphatic carbocycles. The van der Waals surface area contributed by atoms with Crippen molar-refractivity contribution in [1.29, 1.82) is 0 Å². The highest BCUT2D eigenvalue weighted by Crippen LogP contribution is 2.15. The Labute approximate surface area is 480 Å². The molecule has 0 heterocycles. The van der Waals surface area contributed by atoms with Crippen molar-refractivity contribution in [1.82, 2.24) is 0 Å². The van der Waals surface area contributed by atoms with Crippen LogP contribution in [-0.2, 0) is 28.6 Å². The van der Waals surface area contributed by atoms with Gasteiger partial charge in [0, 0.05) is 19.3 Å². The zero-order valence-electron chi connectivity index (χ0n) is 50.4. The van der Waals surface area contributed by atoms with E-state index in [2.05, 4.69) is 167 Å². The van der Waals surface area contributed by atoms with Gasteiger partial charge < -0.3 is 14.2 Å². The molecule has 0 spiro atoms. The lowest BCUT2D eigenvalue weighted by molar-refractivity contribution is -0.167. The molecule has 0 aliphatic heterocycles. The normalized spacial score (nSPS) is 13.1. The molecule has 0 bridgehead atoms. The highest BCUT2D eigenvalue weighted by atomic mass is 16.6. The van der Waals surface area contributed by atoms with Crippen LogP contribution in [0.25, 0.3) is 0 Å². The van der Waals surface area contributed by atoms with Gasteiger partial charge in [0.05, 0.1) is 0 Å². The minimum atomic E-state index is -0.802. The Morgan fingerprint density at radius 3 is 0.782 bits per heavy atom. The Kier molecular flexibility index (Phi) is 60.9. The van der Waals surface area contributed by atoms with Gasteiger partial charge in [-0.15, -0.1) is 0 Å². The predicted molar refractivity (Wildman–Crippen MR) is 339 cm³/mol. The first-order valence-corrected chi connectivity index (χ1v) is 31.8. The average molecular weight is 1080 g/mol. The van der Waals surface area contributed by atoms with Gasteiger partial charge in [-0.25, -0.2) is 0 Å². The van der Waals surface area contributed by atoms with Crippen molar-refractivity contribution >= 4 is 17.9 Å². The lowest BCUT2D eigenvalue weighted by Crippen LogP contribution is -2.30. The standard InChI is InChI=1S/C72H116O6/c1-4-7-10-13-16-19-22-25-28-29-30-31-32-33-34-35-36-37-38-39-40-41-42-43-45-47-50-53-56-59-62-65-71(74)77-68-69(67-76-70(73)64-61-58-55-52-49-46-27-24-21-18-15-12-9-6-3)78-72(75)66-63-60-57-54-51-48-44-26-23-20-17-14-11-8-5-2/h7-8,10-11,15-20,24-28,30-31,33-34,36-37,39-40,44,69H,4-6,9,12-14,21-23,29,32,35,38,41-43,45-68H2,1-3H3/b10-7-,11-8-,18-15-,19-16-,20-17-,27-24-,28-25-,31-30-,34-33-,37-36-,40-39-,44-26-. The van der Waals surface area contributed by atoms with Crippen molar-refractivity contribution in [3.63, 3.8) is 0 Å². The zero-order valence-corrected chi connectivity index (χ0v) is 50.4. The smallest absolute Gasteiger partial charge is 0.306 e. The molecule has 0 amide bonds. The van der Waals surface area contributed by atoms with Gasteiger partial charge in [-0.3, -0.25) is 14.4 Å². The van der Waals surface area contributed by atoms with E-state index in [9.17, 15) is 14.4 Å². The summed E-state index contributed by atoms with van der Waals surface area (Å²) in [7, 11) is 0. The highest BCUT2D eigenvalue weighted by molar-refractivity contribution is 5.71. The fourth-order valence-corrected chi connectivity index (χ4v) is 8.34. The maximum Gasteiger partial charge on any atom is 0.306 e. The van der Waals surface area contributed by atoms with E-state index in [0.29, 0.717) is 19.3 Å². The zero-order chi connectivity index (χ0) is 56.4. The van der Waals surface area contributed by atoms with Crippen molar-refractivity contribution in [2.45, 2.75) is 277 Å². The van der Waals surface area contributed by atoms with Gasteiger partial charge in [-0.2, -0.15) is 0 Å². The van der Waals surface area contributed by atoms with Gasteiger partial charge in [0.15, 0.2) is 6.10 Å². The number of hydrogen-bond acceptors (Lipinski definition) is 6. The number of unbranched alkanes of at least 4 members (excludes halogenated alkanes) is 21. The third-order valence-electron chi connectivity index (χ3n) is 13.1. The molecular formula is C72H116O6. The van der Waals surface area contributed by atoms with Gasteiger partial charge in [-0.05, 0) is 135 Å². The van der Waals surface area contributed by atoms with E-state index in [1.54, 1.807) is 0 Å². The molecule has 0 aromatic carbocycles. The molecule has 1 unspecified atom stereocenters. The molecule has 0 saturated carbocycles. The number of hydrogen-bond donors (Lipinski definition) is 0. The molecule has 0 saturated heterocycles. The summed E-state index contributed by atoms with van der Waals surface area (Å²) < 4.78 is 16.9. The molecule has 78 heavy (non-hydrogen) atoms. The van der Waals surface area contributed by atoms with Crippen molar-refractivity contribution in [3.8, 4) is 0 Å². The van der Waals surface area contributed by atoms with Crippen LogP contribution >= 0.6 is 0 Å². The average Bonchev–Trinajstić information content (AvgIpc) is 3.44. The summed E-state index contributed by atoms with van der Waals surface area (Å²) in [5.41, 5.74) is 0. The van der Waals surface area contributed by atoms with Crippen molar-refractivity contribution in [2.75, 3.05) is 13.2 Å². The molecule has 0 aliphatic rings. The number of rotatable bonds is 56. The van der Waals surface area contributed by atoms with Crippen LogP contribution in [0.3, 0.4) is 0 Å². The Hall–Kier alpha value is -4.71. The Bertz CT molecular complexity index is 1710. The maximum atomic E-state index is 12.9. The van der Waals surface area contributed by atoms with Crippen LogP contribution in [0.1, 0.15) is 271 Å². The molecule has 0 rings (SSSR count). The monoisotopic (exact) mass is 1080 g/mol. The van der Waals surface area contributed by atoms with Crippen LogP contribution in [0, 0.1) is 0 Å². The summed E-state index contributed by atoms with van der Waals surface area (Å²) in [6.07, 6.45) is 92.8. The molecule has 0 aromatic rings. The molecular weight excluding hydrogens is 961 g/mol. The summed E-state index contributed by atoms with van der Waals surface area (Å²) in [6.45, 7) is 6.34. The fourth-order valence-electron chi connectivity index (χ4n) is 8.34. The highest BCUT2D eigenvalue weighted by Gasteiger charge is 2.19. The number of esters is 3. The molecule has 0 aromatic heterocycles. The first-order chi connectivity index (χ1) is 38.5. The van der Waals surface area contributed by atoms with Crippen molar-refractivity contribution in [3.05, 3.63) is 146 Å². The SMILES string of the molecule is CC/C=C\C/C=C\C/C=C\C/C=C\C/C=C\C/C=C\C/C=C\CCCCCCCCCCCC(=O)OCC(COC(=O)CCCCCCC/C=C\C/C=C\CCCC)OC(=O)CCCCCCC/C=C\C/C=C\C/C=C\CC. The minimum Gasteiger partial charge on any atom is -0.462 e. The summed E-state index contributed by atoms with van der Waals surface area (Å²) in [6, 6.07) is 0. The Morgan fingerprint density at radius 2 is 0.500 bits per heavy atom. The molecule has 440 valence electrons. The Balaban J connectivity index is 4.32. The van der Waals surface area contributed by atoms with Crippen LogP contribution in [0.15, 0.2) is 146 Å². The number of ether oxygens (including phenoxy) is 3. The number of allylic oxidation sites excluding steroid dienone is 24. The van der Waals surface area contributed by atoms with E-state index < -0.39 is 6.10 Å². The second-order valence-corrected chi connectivity index (χ2v) is 20.5. The van der Waals surface area contributed by atoms with Gasteiger partial charge >= 0.3 is 17.9 Å². The molecule has 1 atom stereocenters. The van der Waals surface area contributed by atoms with E-state index in [1.807, 2.05) is 0 Å². The molecule has 6 heteroatoms. The predicted octanol–water partition coefficient (Wildman–Crippen LogP) is 21.9. The quantitative estimate of drug-likeness (QED) is 0.0261. The topological polar surface area (TPSA) is 78.9 Å². The molecule has 0 radical (unpaired) electrons. The van der Waals surface area contributed by atoms with E-state index in [1.165, 1.54) is 57.8 Å². The van der Waals surface area contributed by atoms with Crippen LogP contribution in [-0.4, -0.2) is 37.2 Å². The maximum absolute atomic E-state index is 12.9. The first-order valence-electron chi connectivity index (χ1n) is 31.8. The molecule has 0 N–H and O–H groups in total. The second kappa shape index (κ2) is 64.8. The second-order valence-electron chi connectivity index (χ2n) is 20.5. The largest absolute Gasteiger partial charge is 0.462 e. The third-order valence-corrected chi connectivity index (χ3v) is 13.1. The van der Waals surface area contributed by atoms with E-state index in [4.69, 9.17) is 14.2 Å². The van der Waals surface area contributed by atoms with E-state index >= 15 is 0 Å². The van der Waals surface area contributed by atoms with Crippen LogP contribution < -0.4 is 0 Å². The minimum absolute atomic E-state index is 0.0973. The first kappa shape index (κ1) is 73.3. The van der Waals surface area contributed by atoms with Gasteiger partial charge in [-0.1, -0.05) is 263 Å². The number of carbonyl (C=O) groups excluding carboxylic acids is 3. The lowest BCUT2D eigenvalue weighted by Gasteiger charge is -2.18. The van der Waals surface area contributed by atoms with Crippen molar-refractivity contribution in [2.24, 2.45) is 0 Å². The van der Waals surface area contributed by atoms with Gasteiger partial charge in [0.2, 0.25) is 0 Å². The van der Waals surface area contributed by atoms with Crippen molar-refractivity contribution < 1.29 is 28.6 Å². The lowest BCUT2D eigenvalue weighted by atomic mass is 10.1. The summed E-state index contributed by atoms with van der Waals surface area (Å²) in [5.74, 6) is -0.935. The van der Waals surface area contributed by atoms with E-state index in [0.717, 1.165) is 173 Å². The summed E-state index contributed by atoms with van der Waals surface area (Å²) in [4.78, 5) is 38.3. The van der Waals surface area contributed by atoms with Gasteiger partial charge in [0.25, 0.3) is 0 Å². The van der Waals surface area contributed by atoms with Crippen LogP contribution in [0.5, 0.6) is 0 Å². The van der Waals surface area contributed by atoms with E-state index in [-0.39, 0.29) is 31.1 Å². The van der Waals surface area contributed by atoms with Gasteiger partial charge in [0.1, 0.15) is 13.2 Å². The molecule has 6 nitrogen and oxygen atoms in total. The third kappa shape index (κ3) is 62.1. The van der Waals surface area contributed by atoms with Crippen LogP contribution in [0.4, 0.5) is 0 Å². The fraction of sp³-hybridized carbons (Fsp3) is 0.625. The number of carbonyl (C=O) groups is 3. The summed E-state index contributed by atoms with van der Waals surface area (Å²) in [5, 5.41) is 0.